The van der Waals surface area contributed by atoms with E-state index in [1.807, 2.05) is 4.90 Å². The first-order valence-corrected chi connectivity index (χ1v) is 4.22. The summed E-state index contributed by atoms with van der Waals surface area (Å²) < 4.78 is 0. The summed E-state index contributed by atoms with van der Waals surface area (Å²) >= 11 is 0. The molecule has 11 heavy (non-hydrogen) atoms. The Morgan fingerprint density at radius 3 is 2.82 bits per heavy atom. The number of amides is 1. The molecule has 0 aromatic heterocycles. The third-order valence-electron chi connectivity index (χ3n) is 2.67. The minimum Gasteiger partial charge on any atom is -0.340 e. The van der Waals surface area contributed by atoms with Gasteiger partial charge in [-0.3, -0.25) is 4.79 Å². The Kier molecular flexibility index (Phi) is 1.42. The first-order valence-electron chi connectivity index (χ1n) is 4.22. The Balaban J connectivity index is 1.98. The van der Waals surface area contributed by atoms with Gasteiger partial charge in [-0.05, 0) is 12.8 Å². The van der Waals surface area contributed by atoms with Crippen molar-refractivity contribution < 1.29 is 4.79 Å². The normalized spacial score (nSPS) is 27.2. The van der Waals surface area contributed by atoms with Gasteiger partial charge in [-0.25, -0.2) is 0 Å². The first kappa shape index (κ1) is 7.10. The Morgan fingerprint density at radius 2 is 2.27 bits per heavy atom. The van der Waals surface area contributed by atoms with Crippen LogP contribution in [0.1, 0.15) is 19.8 Å². The van der Waals surface area contributed by atoms with Crippen LogP contribution < -0.4 is 5.32 Å². The topological polar surface area (TPSA) is 32.3 Å². The number of rotatable bonds is 0. The van der Waals surface area contributed by atoms with E-state index in [0.717, 1.165) is 19.6 Å². The monoisotopic (exact) mass is 154 g/mol. The van der Waals surface area contributed by atoms with Gasteiger partial charge in [0.2, 0.25) is 5.91 Å². The van der Waals surface area contributed by atoms with Gasteiger partial charge < -0.3 is 10.2 Å². The standard InChI is InChI=1S/C8H14N2O/c1-7(11)10-5-4-9-8(6-10)2-3-8/h9H,2-6H2,1H3. The maximum Gasteiger partial charge on any atom is 0.219 e. The van der Waals surface area contributed by atoms with Crippen LogP contribution >= 0.6 is 0 Å². The minimum atomic E-state index is 0.220. The highest BCUT2D eigenvalue weighted by molar-refractivity contribution is 5.73. The minimum absolute atomic E-state index is 0.220. The summed E-state index contributed by atoms with van der Waals surface area (Å²) in [5.74, 6) is 0.220. The highest BCUT2D eigenvalue weighted by atomic mass is 16.2. The van der Waals surface area contributed by atoms with Crippen LogP contribution in [0.5, 0.6) is 0 Å². The van der Waals surface area contributed by atoms with E-state index < -0.39 is 0 Å². The Labute approximate surface area is 66.8 Å². The molecular formula is C8H14N2O. The third-order valence-corrected chi connectivity index (χ3v) is 2.67. The summed E-state index contributed by atoms with van der Waals surface area (Å²) in [7, 11) is 0. The highest BCUT2D eigenvalue weighted by Crippen LogP contribution is 2.37. The third kappa shape index (κ3) is 1.25. The maximum absolute atomic E-state index is 11.0. The van der Waals surface area contributed by atoms with Crippen LogP contribution in [0.25, 0.3) is 0 Å². The molecule has 1 aliphatic carbocycles. The van der Waals surface area contributed by atoms with Gasteiger partial charge >= 0.3 is 0 Å². The van der Waals surface area contributed by atoms with Gasteiger partial charge in [0.25, 0.3) is 0 Å². The number of hydrogen-bond donors (Lipinski definition) is 1. The van der Waals surface area contributed by atoms with Gasteiger partial charge in [-0.1, -0.05) is 0 Å². The van der Waals surface area contributed by atoms with Crippen molar-refractivity contribution in [2.45, 2.75) is 25.3 Å². The van der Waals surface area contributed by atoms with Gasteiger partial charge in [0.15, 0.2) is 0 Å². The number of nitrogens with zero attached hydrogens (tertiary/aromatic N) is 1. The number of carbonyl (C=O) groups is 1. The number of hydrogen-bond acceptors (Lipinski definition) is 2. The van der Waals surface area contributed by atoms with Gasteiger partial charge in [0.05, 0.1) is 0 Å². The molecule has 0 aromatic carbocycles. The second-order valence-corrected chi connectivity index (χ2v) is 3.65. The molecule has 0 radical (unpaired) electrons. The van der Waals surface area contributed by atoms with Gasteiger partial charge in [0.1, 0.15) is 0 Å². The molecule has 0 unspecified atom stereocenters. The van der Waals surface area contributed by atoms with Crippen LogP contribution in [0.15, 0.2) is 0 Å². The van der Waals surface area contributed by atoms with Gasteiger partial charge in [-0.15, -0.1) is 0 Å². The van der Waals surface area contributed by atoms with Crippen LogP contribution in [-0.4, -0.2) is 36.0 Å². The summed E-state index contributed by atoms with van der Waals surface area (Å²) in [5.41, 5.74) is 0.337. The largest absolute Gasteiger partial charge is 0.340 e. The van der Waals surface area contributed by atoms with E-state index in [9.17, 15) is 4.79 Å². The second-order valence-electron chi connectivity index (χ2n) is 3.65. The Bertz CT molecular complexity index is 187. The summed E-state index contributed by atoms with van der Waals surface area (Å²) in [6, 6.07) is 0. The maximum atomic E-state index is 11.0. The van der Waals surface area contributed by atoms with Crippen LogP contribution in [0.3, 0.4) is 0 Å². The SMILES string of the molecule is CC(=O)N1CCNC2(CC2)C1. The molecule has 2 rings (SSSR count). The number of carbonyl (C=O) groups excluding carboxylic acids is 1. The first-order chi connectivity index (χ1) is 5.22. The molecule has 1 heterocycles. The van der Waals surface area contributed by atoms with E-state index in [1.165, 1.54) is 12.8 Å². The lowest BCUT2D eigenvalue weighted by Crippen LogP contribution is -2.53. The highest BCUT2D eigenvalue weighted by Gasteiger charge is 2.45. The molecule has 2 fully saturated rings. The Morgan fingerprint density at radius 1 is 1.55 bits per heavy atom. The smallest absolute Gasteiger partial charge is 0.219 e. The van der Waals surface area contributed by atoms with Crippen molar-refractivity contribution in [2.24, 2.45) is 0 Å². The number of nitrogens with one attached hydrogen (secondary N) is 1. The molecule has 1 saturated carbocycles. The summed E-state index contributed by atoms with van der Waals surface area (Å²) in [5, 5.41) is 3.46. The van der Waals surface area contributed by atoms with E-state index >= 15 is 0 Å². The van der Waals surface area contributed by atoms with E-state index in [2.05, 4.69) is 5.32 Å². The fourth-order valence-corrected chi connectivity index (χ4v) is 1.71. The fraction of sp³-hybridized carbons (Fsp3) is 0.875. The predicted molar refractivity (Wildman–Crippen MR) is 42.2 cm³/mol. The summed E-state index contributed by atoms with van der Waals surface area (Å²) in [6.45, 7) is 4.44. The van der Waals surface area contributed by atoms with Crippen molar-refractivity contribution in [3.05, 3.63) is 0 Å². The molecule has 0 aromatic rings. The zero-order chi connectivity index (χ0) is 7.90. The van der Waals surface area contributed by atoms with E-state index in [-0.39, 0.29) is 5.91 Å². The second kappa shape index (κ2) is 2.21. The lowest BCUT2D eigenvalue weighted by Gasteiger charge is -2.33. The number of piperazine rings is 1. The van der Waals surface area contributed by atoms with Gasteiger partial charge in [0, 0.05) is 32.1 Å². The van der Waals surface area contributed by atoms with Crippen molar-refractivity contribution in [3.8, 4) is 0 Å². The Hall–Kier alpha value is -0.570. The fourth-order valence-electron chi connectivity index (χ4n) is 1.71. The average molecular weight is 154 g/mol. The predicted octanol–water partition coefficient (Wildman–Crippen LogP) is -0.0293. The van der Waals surface area contributed by atoms with Crippen molar-refractivity contribution in [1.82, 2.24) is 10.2 Å². The molecule has 2 aliphatic rings. The van der Waals surface area contributed by atoms with Crippen molar-refractivity contribution >= 4 is 5.91 Å². The summed E-state index contributed by atoms with van der Waals surface area (Å²) in [6.07, 6.45) is 2.49. The van der Waals surface area contributed by atoms with Crippen LogP contribution in [0.4, 0.5) is 0 Å². The zero-order valence-corrected chi connectivity index (χ0v) is 6.89. The van der Waals surface area contributed by atoms with E-state index in [4.69, 9.17) is 0 Å². The molecular weight excluding hydrogens is 140 g/mol. The van der Waals surface area contributed by atoms with Crippen molar-refractivity contribution in [3.63, 3.8) is 0 Å². The molecule has 1 N–H and O–H groups in total. The zero-order valence-electron chi connectivity index (χ0n) is 6.89. The van der Waals surface area contributed by atoms with Crippen LogP contribution in [0, 0.1) is 0 Å². The lowest BCUT2D eigenvalue weighted by molar-refractivity contribution is -0.130. The average Bonchev–Trinajstić information content (AvgIpc) is 2.69. The van der Waals surface area contributed by atoms with Crippen LogP contribution in [-0.2, 0) is 4.79 Å². The quantitative estimate of drug-likeness (QED) is 0.531. The van der Waals surface area contributed by atoms with Crippen molar-refractivity contribution in [1.29, 1.82) is 0 Å². The lowest BCUT2D eigenvalue weighted by atomic mass is 10.2. The molecule has 0 bridgehead atoms. The van der Waals surface area contributed by atoms with E-state index in [1.54, 1.807) is 6.92 Å². The molecule has 3 nitrogen and oxygen atoms in total. The van der Waals surface area contributed by atoms with Crippen LogP contribution in [0.2, 0.25) is 0 Å². The molecule has 1 spiro atoms. The van der Waals surface area contributed by atoms with Crippen molar-refractivity contribution in [2.75, 3.05) is 19.6 Å². The molecule has 1 saturated heterocycles. The molecule has 1 amide bonds. The molecule has 3 heteroatoms. The van der Waals surface area contributed by atoms with Gasteiger partial charge in [-0.2, -0.15) is 0 Å². The molecule has 62 valence electrons. The molecule has 0 atom stereocenters. The van der Waals surface area contributed by atoms with E-state index in [0.29, 0.717) is 5.54 Å². The molecule has 1 aliphatic heterocycles. The summed E-state index contributed by atoms with van der Waals surface area (Å²) in [4.78, 5) is 13.0.